The molecule has 2 rings (SSSR count). The zero-order chi connectivity index (χ0) is 15.8. The lowest BCUT2D eigenvalue weighted by atomic mass is 9.78. The minimum Gasteiger partial charge on any atom is -0.396 e. The molecule has 0 bridgehead atoms. The molecule has 2 heterocycles. The average Bonchev–Trinajstić information content (AvgIpc) is 3.41. The number of aliphatic hydroxyl groups is 1. The number of rotatable bonds is 14. The van der Waals surface area contributed by atoms with Gasteiger partial charge in [-0.3, -0.25) is 0 Å². The summed E-state index contributed by atoms with van der Waals surface area (Å²) < 4.78 is 16.4. The van der Waals surface area contributed by atoms with Crippen LogP contribution in [0.15, 0.2) is 0 Å². The Balaban J connectivity index is 1.74. The minimum atomic E-state index is -0.0722. The van der Waals surface area contributed by atoms with E-state index in [1.165, 1.54) is 19.3 Å². The van der Waals surface area contributed by atoms with Crippen molar-refractivity contribution in [3.05, 3.63) is 0 Å². The monoisotopic (exact) mass is 314 g/mol. The highest BCUT2D eigenvalue weighted by Crippen LogP contribution is 2.33. The molecule has 2 aliphatic rings. The van der Waals surface area contributed by atoms with Gasteiger partial charge in [0.1, 0.15) is 6.10 Å². The van der Waals surface area contributed by atoms with E-state index in [0.29, 0.717) is 25.4 Å². The highest BCUT2D eigenvalue weighted by Gasteiger charge is 2.32. The molecule has 2 saturated heterocycles. The van der Waals surface area contributed by atoms with Gasteiger partial charge in [-0.25, -0.2) is 0 Å². The maximum absolute atomic E-state index is 10.0. The quantitative estimate of drug-likeness (QED) is 0.500. The Morgan fingerprint density at radius 2 is 1.86 bits per heavy atom. The van der Waals surface area contributed by atoms with E-state index in [1.807, 2.05) is 0 Å². The highest BCUT2D eigenvalue weighted by atomic mass is 16.6. The van der Waals surface area contributed by atoms with Crippen LogP contribution in [-0.4, -0.2) is 50.3 Å². The van der Waals surface area contributed by atoms with Crippen LogP contribution in [0.4, 0.5) is 0 Å². The van der Waals surface area contributed by atoms with Crippen molar-refractivity contribution in [1.29, 1.82) is 0 Å². The van der Waals surface area contributed by atoms with Crippen molar-refractivity contribution in [3.63, 3.8) is 0 Å². The summed E-state index contributed by atoms with van der Waals surface area (Å²) >= 11 is 0. The molecule has 1 unspecified atom stereocenters. The molecule has 0 aromatic rings. The standard InChI is InChI=1S/C18H34O4/c1-3-15(2)6-4-8-18(13-19,9-5-7-16-11-21-16)14-20-10-17-12-22-17/h15-17,19H,3-14H2,1-2H3/t15-,16-,17+,18?/m0/s1. The van der Waals surface area contributed by atoms with Gasteiger partial charge in [0.25, 0.3) is 0 Å². The van der Waals surface area contributed by atoms with Crippen LogP contribution in [0.3, 0.4) is 0 Å². The molecule has 0 aromatic carbocycles. The van der Waals surface area contributed by atoms with E-state index in [2.05, 4.69) is 13.8 Å². The van der Waals surface area contributed by atoms with Crippen molar-refractivity contribution >= 4 is 0 Å². The molecule has 0 spiro atoms. The second-order valence-electron chi connectivity index (χ2n) is 7.38. The van der Waals surface area contributed by atoms with Gasteiger partial charge in [-0.05, 0) is 25.2 Å². The molecule has 130 valence electrons. The summed E-state index contributed by atoms with van der Waals surface area (Å²) in [6.07, 6.45) is 8.79. The zero-order valence-corrected chi connectivity index (χ0v) is 14.4. The first-order chi connectivity index (χ1) is 10.7. The van der Waals surface area contributed by atoms with Crippen LogP contribution in [0, 0.1) is 11.3 Å². The molecular weight excluding hydrogens is 280 g/mol. The van der Waals surface area contributed by atoms with Gasteiger partial charge in [0.05, 0.1) is 39.1 Å². The van der Waals surface area contributed by atoms with Crippen LogP contribution >= 0.6 is 0 Å². The van der Waals surface area contributed by atoms with E-state index < -0.39 is 0 Å². The van der Waals surface area contributed by atoms with Crippen molar-refractivity contribution in [2.24, 2.45) is 11.3 Å². The van der Waals surface area contributed by atoms with Gasteiger partial charge in [-0.2, -0.15) is 0 Å². The topological polar surface area (TPSA) is 54.5 Å². The molecule has 22 heavy (non-hydrogen) atoms. The van der Waals surface area contributed by atoms with E-state index in [9.17, 15) is 5.11 Å². The van der Waals surface area contributed by atoms with Gasteiger partial charge < -0.3 is 19.3 Å². The van der Waals surface area contributed by atoms with Crippen LogP contribution < -0.4 is 0 Å². The number of aliphatic hydroxyl groups excluding tert-OH is 1. The van der Waals surface area contributed by atoms with Gasteiger partial charge in [0.2, 0.25) is 0 Å². The highest BCUT2D eigenvalue weighted by molar-refractivity contribution is 4.81. The van der Waals surface area contributed by atoms with Gasteiger partial charge in [0.15, 0.2) is 0 Å². The summed E-state index contributed by atoms with van der Waals surface area (Å²) in [6, 6.07) is 0. The number of hydrogen-bond acceptors (Lipinski definition) is 4. The van der Waals surface area contributed by atoms with Gasteiger partial charge in [-0.15, -0.1) is 0 Å². The molecule has 2 aliphatic heterocycles. The maximum atomic E-state index is 10.0. The van der Waals surface area contributed by atoms with Gasteiger partial charge >= 0.3 is 0 Å². The predicted octanol–water partition coefficient (Wildman–Crippen LogP) is 3.17. The Bertz CT molecular complexity index is 281. The Morgan fingerprint density at radius 3 is 2.45 bits per heavy atom. The summed E-state index contributed by atoms with van der Waals surface area (Å²) in [5, 5.41) is 10.0. The molecule has 0 aromatic heterocycles. The van der Waals surface area contributed by atoms with Crippen LogP contribution in [0.25, 0.3) is 0 Å². The number of hydrogen-bond donors (Lipinski definition) is 1. The molecule has 4 atom stereocenters. The van der Waals surface area contributed by atoms with Crippen molar-refractivity contribution in [2.75, 3.05) is 33.0 Å². The van der Waals surface area contributed by atoms with Crippen LogP contribution in [0.1, 0.15) is 58.8 Å². The lowest BCUT2D eigenvalue weighted by Crippen LogP contribution is -2.32. The molecule has 0 saturated carbocycles. The van der Waals surface area contributed by atoms with Crippen LogP contribution in [-0.2, 0) is 14.2 Å². The zero-order valence-electron chi connectivity index (χ0n) is 14.4. The SMILES string of the molecule is CC[C@H](C)CCCC(CO)(CCC[C@H]1CO1)COC[C@@H]1CO1. The first-order valence-corrected chi connectivity index (χ1v) is 9.09. The Hall–Kier alpha value is -0.160. The summed E-state index contributed by atoms with van der Waals surface area (Å²) in [7, 11) is 0. The normalized spacial score (nSPS) is 27.4. The van der Waals surface area contributed by atoms with E-state index in [-0.39, 0.29) is 12.0 Å². The summed E-state index contributed by atoms with van der Waals surface area (Å²) in [4.78, 5) is 0. The Kier molecular flexibility index (Phi) is 7.61. The van der Waals surface area contributed by atoms with E-state index in [4.69, 9.17) is 14.2 Å². The molecule has 0 amide bonds. The lowest BCUT2D eigenvalue weighted by Gasteiger charge is -2.32. The first kappa shape index (κ1) is 18.2. The second kappa shape index (κ2) is 9.21. The van der Waals surface area contributed by atoms with E-state index >= 15 is 0 Å². The third-order valence-corrected chi connectivity index (χ3v) is 5.19. The van der Waals surface area contributed by atoms with Gasteiger partial charge in [0, 0.05) is 5.41 Å². The Labute approximate surface area is 135 Å². The number of ether oxygens (including phenoxy) is 3. The summed E-state index contributed by atoms with van der Waals surface area (Å²) in [5.74, 6) is 0.775. The first-order valence-electron chi connectivity index (χ1n) is 9.09. The smallest absolute Gasteiger partial charge is 0.104 e. The third-order valence-electron chi connectivity index (χ3n) is 5.19. The van der Waals surface area contributed by atoms with Crippen molar-refractivity contribution < 1.29 is 19.3 Å². The largest absolute Gasteiger partial charge is 0.396 e. The summed E-state index contributed by atoms with van der Waals surface area (Å²) in [5.41, 5.74) is -0.0722. The van der Waals surface area contributed by atoms with Crippen molar-refractivity contribution in [3.8, 4) is 0 Å². The fraction of sp³-hybridized carbons (Fsp3) is 1.00. The van der Waals surface area contributed by atoms with E-state index in [0.717, 1.165) is 44.8 Å². The second-order valence-corrected chi connectivity index (χ2v) is 7.38. The predicted molar refractivity (Wildman–Crippen MR) is 87.0 cm³/mol. The van der Waals surface area contributed by atoms with Crippen LogP contribution in [0.5, 0.6) is 0 Å². The van der Waals surface area contributed by atoms with Crippen molar-refractivity contribution in [1.82, 2.24) is 0 Å². The number of epoxide rings is 2. The van der Waals surface area contributed by atoms with Crippen molar-refractivity contribution in [2.45, 2.75) is 71.0 Å². The fourth-order valence-electron chi connectivity index (χ4n) is 3.01. The lowest BCUT2D eigenvalue weighted by molar-refractivity contribution is -0.0124. The fourth-order valence-corrected chi connectivity index (χ4v) is 3.01. The average molecular weight is 314 g/mol. The Morgan fingerprint density at radius 1 is 1.18 bits per heavy atom. The molecule has 4 heteroatoms. The van der Waals surface area contributed by atoms with E-state index in [1.54, 1.807) is 0 Å². The van der Waals surface area contributed by atoms with Gasteiger partial charge in [-0.1, -0.05) is 39.5 Å². The molecule has 0 radical (unpaired) electrons. The maximum Gasteiger partial charge on any atom is 0.104 e. The molecule has 0 aliphatic carbocycles. The molecule has 1 N–H and O–H groups in total. The summed E-state index contributed by atoms with van der Waals surface area (Å²) in [6.45, 7) is 7.89. The molecular formula is C18H34O4. The van der Waals surface area contributed by atoms with Crippen LogP contribution in [0.2, 0.25) is 0 Å². The third kappa shape index (κ3) is 6.95. The molecule has 4 nitrogen and oxygen atoms in total. The molecule has 2 fully saturated rings. The minimum absolute atomic E-state index is 0.0722.